The zero-order chi connectivity index (χ0) is 26.4. The summed E-state index contributed by atoms with van der Waals surface area (Å²) in [4.78, 5) is 14.6. The summed E-state index contributed by atoms with van der Waals surface area (Å²) in [5.74, 6) is 0.674. The quantitative estimate of drug-likeness (QED) is 0.471. The number of likely N-dealkylation sites (N-methyl/N-ethyl adjacent to an activating group) is 1. The van der Waals surface area contributed by atoms with Crippen molar-refractivity contribution in [3.8, 4) is 5.75 Å². The van der Waals surface area contributed by atoms with Crippen LogP contribution in [0.1, 0.15) is 63.0 Å². The molecule has 1 aliphatic heterocycles. The van der Waals surface area contributed by atoms with E-state index in [9.17, 15) is 9.90 Å². The fourth-order valence-corrected chi connectivity index (χ4v) is 5.11. The van der Waals surface area contributed by atoms with Crippen molar-refractivity contribution in [1.82, 2.24) is 9.91 Å². The number of carbonyl (C=O) groups excluding carboxylic acids is 1. The van der Waals surface area contributed by atoms with Crippen LogP contribution in [-0.2, 0) is 0 Å². The fourth-order valence-electron chi connectivity index (χ4n) is 5.11. The van der Waals surface area contributed by atoms with Gasteiger partial charge in [0.2, 0.25) is 0 Å². The Hall–Kier alpha value is -3.32. The molecule has 0 spiro atoms. The van der Waals surface area contributed by atoms with Crippen LogP contribution in [0.25, 0.3) is 0 Å². The molecule has 2 aromatic rings. The summed E-state index contributed by atoms with van der Waals surface area (Å²) in [6.07, 6.45) is 5.46. The van der Waals surface area contributed by atoms with E-state index in [-0.39, 0.29) is 12.0 Å². The summed E-state index contributed by atoms with van der Waals surface area (Å²) < 4.78 is 5.65. The highest BCUT2D eigenvalue weighted by Gasteiger charge is 2.34. The van der Waals surface area contributed by atoms with E-state index in [1.165, 1.54) is 5.57 Å². The summed E-state index contributed by atoms with van der Waals surface area (Å²) >= 11 is 0. The fraction of sp³-hybridized carbons (Fsp3) is 0.467. The lowest BCUT2D eigenvalue weighted by Gasteiger charge is -2.38. The van der Waals surface area contributed by atoms with Crippen LogP contribution in [0.2, 0.25) is 0 Å². The lowest BCUT2D eigenvalue weighted by Crippen LogP contribution is -2.40. The number of nitrogen functional groups attached to an aromatic ring is 1. The SMILES string of the molecule is CCCCN1N=C(c2ccc(N)cc2)C2CCCC(O)CCC2=C1CN(C)C(=O)Oc1ccc(C)cc1. The first-order chi connectivity index (χ1) is 17.9. The van der Waals surface area contributed by atoms with Gasteiger partial charge in [0.25, 0.3) is 0 Å². The Morgan fingerprint density at radius 3 is 2.57 bits per heavy atom. The Morgan fingerprint density at radius 2 is 1.86 bits per heavy atom. The number of nitrogens with two attached hydrogens (primary N) is 1. The number of allylic oxidation sites excluding steroid dienone is 1. The maximum Gasteiger partial charge on any atom is 0.415 e. The average molecular weight is 505 g/mol. The van der Waals surface area contributed by atoms with Gasteiger partial charge in [-0.2, -0.15) is 5.10 Å². The van der Waals surface area contributed by atoms with Crippen LogP contribution in [0.4, 0.5) is 10.5 Å². The number of hydrogen-bond acceptors (Lipinski definition) is 6. The maximum atomic E-state index is 13.0. The molecular formula is C30H40N4O3. The zero-order valence-corrected chi connectivity index (χ0v) is 22.3. The number of aliphatic hydroxyl groups is 1. The van der Waals surface area contributed by atoms with E-state index in [0.29, 0.717) is 18.7 Å². The van der Waals surface area contributed by atoms with Crippen molar-refractivity contribution in [3.05, 3.63) is 70.9 Å². The summed E-state index contributed by atoms with van der Waals surface area (Å²) in [6, 6.07) is 15.4. The van der Waals surface area contributed by atoms with Gasteiger partial charge in [0.1, 0.15) is 5.75 Å². The predicted octanol–water partition coefficient (Wildman–Crippen LogP) is 5.72. The standard InChI is InChI=1S/C30H40N4O3/c1-4-5-19-34-28(20-33(3)30(36)37-25-16-9-21(2)10-17-25)26-18-15-24(35)7-6-8-27(26)29(32-34)22-11-13-23(31)14-12-22/h9-14,16-17,24,27,35H,4-8,15,18-20,31H2,1-3H3. The minimum atomic E-state index is -0.400. The highest BCUT2D eigenvalue weighted by atomic mass is 16.6. The van der Waals surface area contributed by atoms with Gasteiger partial charge in [0, 0.05) is 25.2 Å². The molecule has 1 fully saturated rings. The van der Waals surface area contributed by atoms with Crippen LogP contribution in [-0.4, -0.2) is 53.1 Å². The van der Waals surface area contributed by atoms with Gasteiger partial charge < -0.3 is 20.5 Å². The van der Waals surface area contributed by atoms with Crippen molar-refractivity contribution < 1.29 is 14.6 Å². The number of benzene rings is 2. The van der Waals surface area contributed by atoms with Crippen molar-refractivity contribution in [2.45, 2.75) is 64.9 Å². The third-order valence-corrected chi connectivity index (χ3v) is 7.29. The van der Waals surface area contributed by atoms with Crippen LogP contribution in [0, 0.1) is 12.8 Å². The molecule has 4 rings (SSSR count). The minimum Gasteiger partial charge on any atom is -0.410 e. The Bertz CT molecular complexity index is 1120. The Balaban J connectivity index is 1.66. The summed E-state index contributed by atoms with van der Waals surface area (Å²) in [5.41, 5.74) is 12.3. The van der Waals surface area contributed by atoms with Crippen molar-refractivity contribution >= 4 is 17.5 Å². The third-order valence-electron chi connectivity index (χ3n) is 7.29. The molecule has 1 saturated carbocycles. The first-order valence-electron chi connectivity index (χ1n) is 13.5. The predicted molar refractivity (Wildman–Crippen MR) is 148 cm³/mol. The molecule has 1 amide bonds. The van der Waals surface area contributed by atoms with Gasteiger partial charge in [-0.1, -0.05) is 43.2 Å². The smallest absolute Gasteiger partial charge is 0.410 e. The molecule has 2 unspecified atom stereocenters. The molecule has 0 radical (unpaired) electrons. The first-order valence-corrected chi connectivity index (χ1v) is 13.5. The van der Waals surface area contributed by atoms with Crippen LogP contribution in [0.15, 0.2) is 64.9 Å². The summed E-state index contributed by atoms with van der Waals surface area (Å²) in [5, 5.41) is 17.8. The van der Waals surface area contributed by atoms with E-state index in [1.54, 1.807) is 11.9 Å². The number of ether oxygens (including phenoxy) is 1. The number of amides is 1. The average Bonchev–Trinajstić information content (AvgIpc) is 2.88. The molecule has 7 nitrogen and oxygen atoms in total. The minimum absolute atomic E-state index is 0.144. The van der Waals surface area contributed by atoms with E-state index in [1.807, 2.05) is 55.5 Å². The molecular weight excluding hydrogens is 464 g/mol. The molecule has 0 saturated heterocycles. The van der Waals surface area contributed by atoms with E-state index in [2.05, 4.69) is 11.9 Å². The number of fused-ring (bicyclic) bond motifs is 1. The number of aryl methyl sites for hydroxylation is 1. The van der Waals surface area contributed by atoms with E-state index in [4.69, 9.17) is 15.6 Å². The normalized spacial score (nSPS) is 20.0. The van der Waals surface area contributed by atoms with E-state index >= 15 is 0 Å². The second kappa shape index (κ2) is 12.3. The van der Waals surface area contributed by atoms with E-state index in [0.717, 1.165) is 73.3 Å². The highest BCUT2D eigenvalue weighted by molar-refractivity contribution is 6.04. The number of hydrazone groups is 1. The number of anilines is 1. The first kappa shape index (κ1) is 26.7. The van der Waals surface area contributed by atoms with Crippen molar-refractivity contribution in [3.63, 3.8) is 0 Å². The van der Waals surface area contributed by atoms with Gasteiger partial charge in [-0.15, -0.1) is 0 Å². The number of unbranched alkanes of at least 4 members (excludes halogenated alkanes) is 1. The number of hydrogen-bond donors (Lipinski definition) is 2. The maximum absolute atomic E-state index is 13.0. The van der Waals surface area contributed by atoms with Crippen molar-refractivity contribution in [2.24, 2.45) is 11.0 Å². The molecule has 0 bridgehead atoms. The van der Waals surface area contributed by atoms with Gasteiger partial charge in [-0.05, 0) is 80.9 Å². The van der Waals surface area contributed by atoms with Gasteiger partial charge in [0.15, 0.2) is 0 Å². The van der Waals surface area contributed by atoms with Crippen molar-refractivity contribution in [2.75, 3.05) is 25.9 Å². The molecule has 1 aliphatic carbocycles. The molecule has 2 aliphatic rings. The second-order valence-electron chi connectivity index (χ2n) is 10.3. The molecule has 2 aromatic carbocycles. The molecule has 1 heterocycles. The Kier molecular flexibility index (Phi) is 8.87. The van der Waals surface area contributed by atoms with Crippen molar-refractivity contribution in [1.29, 1.82) is 0 Å². The van der Waals surface area contributed by atoms with Crippen LogP contribution >= 0.6 is 0 Å². The zero-order valence-electron chi connectivity index (χ0n) is 22.3. The monoisotopic (exact) mass is 504 g/mol. The van der Waals surface area contributed by atoms with Gasteiger partial charge in [-0.25, -0.2) is 4.79 Å². The van der Waals surface area contributed by atoms with Gasteiger partial charge >= 0.3 is 6.09 Å². The van der Waals surface area contributed by atoms with Crippen LogP contribution < -0.4 is 10.5 Å². The third kappa shape index (κ3) is 6.72. The lowest BCUT2D eigenvalue weighted by atomic mass is 9.78. The van der Waals surface area contributed by atoms with Crippen LogP contribution in [0.3, 0.4) is 0 Å². The van der Waals surface area contributed by atoms with Crippen LogP contribution in [0.5, 0.6) is 5.75 Å². The summed E-state index contributed by atoms with van der Waals surface area (Å²) in [7, 11) is 1.77. The highest BCUT2D eigenvalue weighted by Crippen LogP contribution is 2.38. The second-order valence-corrected chi connectivity index (χ2v) is 10.3. The van der Waals surface area contributed by atoms with E-state index < -0.39 is 6.09 Å². The molecule has 198 valence electrons. The molecule has 0 aromatic heterocycles. The summed E-state index contributed by atoms with van der Waals surface area (Å²) in [6.45, 7) is 5.33. The number of nitrogens with zero attached hydrogens (tertiary/aromatic N) is 3. The Morgan fingerprint density at radius 1 is 1.14 bits per heavy atom. The van der Waals surface area contributed by atoms with Gasteiger partial charge in [-0.3, -0.25) is 5.01 Å². The number of rotatable bonds is 7. The largest absolute Gasteiger partial charge is 0.415 e. The molecule has 7 heteroatoms. The topological polar surface area (TPSA) is 91.4 Å². The molecule has 37 heavy (non-hydrogen) atoms. The Labute approximate surface area is 220 Å². The number of aliphatic hydroxyl groups excluding tert-OH is 1. The van der Waals surface area contributed by atoms with Gasteiger partial charge in [0.05, 0.1) is 24.1 Å². The molecule has 3 N–H and O–H groups in total. The molecule has 2 atom stereocenters. The number of carbonyl (C=O) groups is 1. The lowest BCUT2D eigenvalue weighted by molar-refractivity contribution is 0.142.